The summed E-state index contributed by atoms with van der Waals surface area (Å²) in [5.74, 6) is 0.742. The fraction of sp³-hybridized carbons (Fsp3) is 0.346. The Kier molecular flexibility index (Phi) is 4.96. The summed E-state index contributed by atoms with van der Waals surface area (Å²) in [5, 5.41) is 10.5. The highest BCUT2D eigenvalue weighted by atomic mass is 15.1. The molecule has 1 N–H and O–H groups in total. The topological polar surface area (TPSA) is 42.8 Å². The fourth-order valence-corrected chi connectivity index (χ4v) is 5.00. The van der Waals surface area contributed by atoms with Gasteiger partial charge in [0.2, 0.25) is 0 Å². The van der Waals surface area contributed by atoms with E-state index >= 15 is 0 Å². The molecule has 1 aromatic heterocycles. The molecule has 0 saturated heterocycles. The Balaban J connectivity index is 1.21. The van der Waals surface area contributed by atoms with Gasteiger partial charge in [0.25, 0.3) is 0 Å². The predicted molar refractivity (Wildman–Crippen MR) is 119 cm³/mol. The molecule has 3 nitrogen and oxygen atoms in total. The van der Waals surface area contributed by atoms with Crippen LogP contribution in [0.2, 0.25) is 0 Å². The van der Waals surface area contributed by atoms with E-state index < -0.39 is 0 Å². The number of hydrogen-bond donors (Lipinski definition) is 1. The maximum atomic E-state index is 9.24. The van der Waals surface area contributed by atoms with Crippen LogP contribution in [0.1, 0.15) is 41.6 Å². The minimum atomic E-state index is 0.742. The van der Waals surface area contributed by atoms with Crippen molar-refractivity contribution in [3.63, 3.8) is 0 Å². The van der Waals surface area contributed by atoms with E-state index in [2.05, 4.69) is 64.5 Å². The standard InChI is InChI=1S/C26H27N3/c27-18-20-7-9-26-24(17-20)23-16-19(6-8-25(23)28-26)10-13-29-14-11-22(12-15-29)21-4-2-1-3-5-21/h1-5,7,9,11,17,19,28H,6,8,10,12-16H2. The van der Waals surface area contributed by atoms with Gasteiger partial charge in [-0.2, -0.15) is 5.26 Å². The lowest BCUT2D eigenvalue weighted by Crippen LogP contribution is -2.31. The van der Waals surface area contributed by atoms with Crippen molar-refractivity contribution in [1.29, 1.82) is 5.26 Å². The van der Waals surface area contributed by atoms with Crippen LogP contribution in [0.15, 0.2) is 54.6 Å². The van der Waals surface area contributed by atoms with Gasteiger partial charge in [-0.25, -0.2) is 0 Å². The number of fused-ring (bicyclic) bond motifs is 3. The summed E-state index contributed by atoms with van der Waals surface area (Å²) in [5.41, 5.74) is 7.66. The molecule has 29 heavy (non-hydrogen) atoms. The quantitative estimate of drug-likeness (QED) is 0.664. The Morgan fingerprint density at radius 1 is 1.10 bits per heavy atom. The highest BCUT2D eigenvalue weighted by Crippen LogP contribution is 2.34. The maximum Gasteiger partial charge on any atom is 0.0991 e. The second kappa shape index (κ2) is 7.89. The molecule has 0 amide bonds. The lowest BCUT2D eigenvalue weighted by atomic mass is 9.84. The fourth-order valence-electron chi connectivity index (χ4n) is 5.00. The summed E-state index contributed by atoms with van der Waals surface area (Å²) >= 11 is 0. The number of nitriles is 1. The Morgan fingerprint density at radius 3 is 2.79 bits per heavy atom. The molecule has 1 atom stereocenters. The molecule has 0 bridgehead atoms. The van der Waals surface area contributed by atoms with E-state index in [1.54, 1.807) is 0 Å². The van der Waals surface area contributed by atoms with Gasteiger partial charge in [-0.3, -0.25) is 4.90 Å². The van der Waals surface area contributed by atoms with Crippen molar-refractivity contribution in [3.8, 4) is 6.07 Å². The normalized spacial score (nSPS) is 19.6. The molecule has 2 heterocycles. The number of nitrogens with zero attached hydrogens (tertiary/aromatic N) is 2. The minimum Gasteiger partial charge on any atom is -0.358 e. The molecule has 0 spiro atoms. The van der Waals surface area contributed by atoms with Crippen molar-refractivity contribution in [2.45, 2.75) is 32.1 Å². The molecular formula is C26H27N3. The first-order valence-electron chi connectivity index (χ1n) is 10.8. The SMILES string of the molecule is N#Cc1ccc2[nH]c3c(c2c1)CC(CCN1CC=C(c2ccccc2)CC1)CC3. The number of nitrogens with one attached hydrogen (secondary N) is 1. The Labute approximate surface area is 172 Å². The third-order valence-corrected chi connectivity index (χ3v) is 6.71. The average molecular weight is 382 g/mol. The van der Waals surface area contributed by atoms with Gasteiger partial charge in [0.15, 0.2) is 0 Å². The van der Waals surface area contributed by atoms with E-state index in [-0.39, 0.29) is 0 Å². The largest absolute Gasteiger partial charge is 0.358 e. The van der Waals surface area contributed by atoms with E-state index in [0.29, 0.717) is 0 Å². The van der Waals surface area contributed by atoms with Gasteiger partial charge < -0.3 is 4.98 Å². The zero-order valence-electron chi connectivity index (χ0n) is 16.8. The number of rotatable bonds is 4. The van der Waals surface area contributed by atoms with Crippen LogP contribution in [0, 0.1) is 17.2 Å². The molecule has 3 heteroatoms. The highest BCUT2D eigenvalue weighted by molar-refractivity contribution is 5.86. The van der Waals surface area contributed by atoms with Gasteiger partial charge >= 0.3 is 0 Å². The van der Waals surface area contributed by atoms with Crippen molar-refractivity contribution in [1.82, 2.24) is 9.88 Å². The van der Waals surface area contributed by atoms with Crippen LogP contribution >= 0.6 is 0 Å². The van der Waals surface area contributed by atoms with Gasteiger partial charge in [-0.1, -0.05) is 36.4 Å². The Bertz CT molecular complexity index is 1080. The molecule has 5 rings (SSSR count). The van der Waals surface area contributed by atoms with Gasteiger partial charge in [0.1, 0.15) is 0 Å². The number of hydrogen-bond acceptors (Lipinski definition) is 2. The second-order valence-electron chi connectivity index (χ2n) is 8.50. The molecule has 1 aliphatic carbocycles. The third kappa shape index (κ3) is 3.73. The number of aryl methyl sites for hydroxylation is 1. The molecule has 0 fully saturated rings. The molecule has 3 aromatic rings. The van der Waals surface area contributed by atoms with E-state index in [9.17, 15) is 5.26 Å². The molecule has 2 aliphatic rings. The molecule has 2 aromatic carbocycles. The smallest absolute Gasteiger partial charge is 0.0991 e. The first kappa shape index (κ1) is 18.2. The zero-order valence-corrected chi connectivity index (χ0v) is 16.8. The van der Waals surface area contributed by atoms with Gasteiger partial charge in [-0.05, 0) is 79.5 Å². The zero-order chi connectivity index (χ0) is 19.6. The average Bonchev–Trinajstić information content (AvgIpc) is 3.15. The van der Waals surface area contributed by atoms with Crippen molar-refractivity contribution < 1.29 is 0 Å². The van der Waals surface area contributed by atoms with Crippen molar-refractivity contribution >= 4 is 16.5 Å². The van der Waals surface area contributed by atoms with E-state index in [1.807, 2.05) is 6.07 Å². The van der Waals surface area contributed by atoms with E-state index in [0.717, 1.165) is 43.8 Å². The summed E-state index contributed by atoms with van der Waals surface area (Å²) < 4.78 is 0. The molecule has 0 radical (unpaired) electrons. The molecular weight excluding hydrogens is 354 g/mol. The summed E-state index contributed by atoms with van der Waals surface area (Å²) in [6.45, 7) is 3.42. The summed E-state index contributed by atoms with van der Waals surface area (Å²) in [6, 6.07) is 19.1. The number of aromatic amines is 1. The first-order valence-corrected chi connectivity index (χ1v) is 10.8. The number of H-pyrrole nitrogens is 1. The lowest BCUT2D eigenvalue weighted by Gasteiger charge is -2.29. The van der Waals surface area contributed by atoms with Crippen molar-refractivity contribution in [3.05, 3.63) is 77.0 Å². The second-order valence-corrected chi connectivity index (χ2v) is 8.50. The van der Waals surface area contributed by atoms with E-state index in [4.69, 9.17) is 0 Å². The predicted octanol–water partition coefficient (Wildman–Crippen LogP) is 5.32. The van der Waals surface area contributed by atoms with Gasteiger partial charge in [-0.15, -0.1) is 0 Å². The maximum absolute atomic E-state index is 9.24. The first-order chi connectivity index (χ1) is 14.3. The van der Waals surface area contributed by atoms with Crippen LogP contribution in [0.4, 0.5) is 0 Å². The van der Waals surface area contributed by atoms with Crippen LogP contribution in [0.3, 0.4) is 0 Å². The van der Waals surface area contributed by atoms with Crippen LogP contribution in [-0.4, -0.2) is 29.5 Å². The lowest BCUT2D eigenvalue weighted by molar-refractivity contribution is 0.265. The van der Waals surface area contributed by atoms with Crippen LogP contribution in [0.25, 0.3) is 16.5 Å². The number of aromatic nitrogens is 1. The van der Waals surface area contributed by atoms with Crippen LogP contribution in [0.5, 0.6) is 0 Å². The summed E-state index contributed by atoms with van der Waals surface area (Å²) in [6.07, 6.45) is 8.37. The van der Waals surface area contributed by atoms with Crippen LogP contribution < -0.4 is 0 Å². The molecule has 0 saturated carbocycles. The van der Waals surface area contributed by atoms with Crippen LogP contribution in [-0.2, 0) is 12.8 Å². The van der Waals surface area contributed by atoms with Crippen molar-refractivity contribution in [2.24, 2.45) is 5.92 Å². The molecule has 1 unspecified atom stereocenters. The summed E-state index contributed by atoms with van der Waals surface area (Å²) in [7, 11) is 0. The monoisotopic (exact) mass is 381 g/mol. The summed E-state index contributed by atoms with van der Waals surface area (Å²) in [4.78, 5) is 6.19. The highest BCUT2D eigenvalue weighted by Gasteiger charge is 2.23. The number of benzene rings is 2. The Morgan fingerprint density at radius 2 is 2.00 bits per heavy atom. The van der Waals surface area contributed by atoms with Crippen molar-refractivity contribution in [2.75, 3.05) is 19.6 Å². The molecule has 1 aliphatic heterocycles. The third-order valence-electron chi connectivity index (χ3n) is 6.71. The Hall–Kier alpha value is -2.83. The van der Waals surface area contributed by atoms with Gasteiger partial charge in [0.05, 0.1) is 11.6 Å². The van der Waals surface area contributed by atoms with Gasteiger partial charge in [0, 0.05) is 29.7 Å². The minimum absolute atomic E-state index is 0.742. The molecule has 146 valence electrons. The van der Waals surface area contributed by atoms with E-state index in [1.165, 1.54) is 52.7 Å².